The lowest BCUT2D eigenvalue weighted by Gasteiger charge is -2.27. The van der Waals surface area contributed by atoms with Crippen molar-refractivity contribution in [1.82, 2.24) is 15.2 Å². The van der Waals surface area contributed by atoms with Crippen LogP contribution in [0.1, 0.15) is 32.7 Å². The van der Waals surface area contributed by atoms with Crippen molar-refractivity contribution in [2.24, 2.45) is 0 Å². The molecule has 1 atom stereocenters. The third kappa shape index (κ3) is 4.25. The molecule has 0 bridgehead atoms. The summed E-state index contributed by atoms with van der Waals surface area (Å²) < 4.78 is 1.19. The van der Waals surface area contributed by atoms with Crippen molar-refractivity contribution in [3.8, 4) is 0 Å². The summed E-state index contributed by atoms with van der Waals surface area (Å²) in [7, 11) is 1.96. The summed E-state index contributed by atoms with van der Waals surface area (Å²) in [6.07, 6.45) is 0. The smallest absolute Gasteiger partial charge is 0.237 e. The minimum absolute atomic E-state index is 0.0473. The Kier molecular flexibility index (Phi) is 4.64. The number of carbonyl (C=O) groups is 1. The average Bonchev–Trinajstić information content (AvgIpc) is 2.77. The van der Waals surface area contributed by atoms with E-state index in [2.05, 4.69) is 16.4 Å². The van der Waals surface area contributed by atoms with Crippen LogP contribution in [-0.2, 0) is 11.3 Å². The molecule has 0 aliphatic heterocycles. The number of thiazole rings is 1. The zero-order valence-electron chi connectivity index (χ0n) is 13.3. The van der Waals surface area contributed by atoms with Gasteiger partial charge in [-0.2, -0.15) is 0 Å². The molecule has 2 rings (SSSR count). The Balaban J connectivity index is 2.03. The zero-order chi connectivity index (χ0) is 15.6. The summed E-state index contributed by atoms with van der Waals surface area (Å²) in [6.45, 7) is 8.58. The maximum Gasteiger partial charge on any atom is 0.237 e. The van der Waals surface area contributed by atoms with Gasteiger partial charge in [0.2, 0.25) is 5.91 Å². The molecule has 114 valence electrons. The van der Waals surface area contributed by atoms with Crippen LogP contribution in [0.2, 0.25) is 0 Å². The average molecular weight is 305 g/mol. The van der Waals surface area contributed by atoms with Crippen LogP contribution in [0.15, 0.2) is 24.3 Å². The summed E-state index contributed by atoms with van der Waals surface area (Å²) in [6, 6.07) is 7.93. The highest BCUT2D eigenvalue weighted by atomic mass is 32.1. The molecule has 1 amide bonds. The Morgan fingerprint density at radius 1 is 1.38 bits per heavy atom. The van der Waals surface area contributed by atoms with E-state index < -0.39 is 0 Å². The molecule has 1 aromatic heterocycles. The van der Waals surface area contributed by atoms with Crippen molar-refractivity contribution in [3.63, 3.8) is 0 Å². The first kappa shape index (κ1) is 15.9. The largest absolute Gasteiger partial charge is 0.350 e. The topological polar surface area (TPSA) is 45.2 Å². The number of carbonyl (C=O) groups excluding carboxylic acids is 1. The summed E-state index contributed by atoms with van der Waals surface area (Å²) in [5.74, 6) is 0.0473. The van der Waals surface area contributed by atoms with E-state index in [4.69, 9.17) is 0 Å². The Morgan fingerprint density at radius 2 is 2.05 bits per heavy atom. The number of nitrogens with zero attached hydrogens (tertiary/aromatic N) is 2. The van der Waals surface area contributed by atoms with E-state index in [1.165, 1.54) is 4.70 Å². The van der Waals surface area contributed by atoms with Gasteiger partial charge in [0.05, 0.1) is 22.8 Å². The van der Waals surface area contributed by atoms with Gasteiger partial charge >= 0.3 is 0 Å². The number of hydrogen-bond donors (Lipinski definition) is 1. The third-order valence-corrected chi connectivity index (χ3v) is 4.28. The van der Waals surface area contributed by atoms with Crippen molar-refractivity contribution in [3.05, 3.63) is 29.3 Å². The van der Waals surface area contributed by atoms with Gasteiger partial charge in [0.15, 0.2) is 0 Å². The second-order valence-electron chi connectivity index (χ2n) is 6.41. The quantitative estimate of drug-likeness (QED) is 0.944. The number of fused-ring (bicyclic) bond motifs is 1. The van der Waals surface area contributed by atoms with Gasteiger partial charge < -0.3 is 5.32 Å². The Hall–Kier alpha value is -1.46. The predicted molar refractivity (Wildman–Crippen MR) is 88.4 cm³/mol. The molecule has 0 aliphatic carbocycles. The fourth-order valence-electron chi connectivity index (χ4n) is 2.01. The van der Waals surface area contributed by atoms with Gasteiger partial charge in [0.25, 0.3) is 0 Å². The first-order chi connectivity index (χ1) is 9.76. The van der Waals surface area contributed by atoms with Crippen molar-refractivity contribution in [2.45, 2.75) is 45.8 Å². The van der Waals surface area contributed by atoms with Crippen LogP contribution in [0.4, 0.5) is 0 Å². The van der Waals surface area contributed by atoms with Gasteiger partial charge in [-0.15, -0.1) is 11.3 Å². The molecule has 1 heterocycles. The molecule has 0 saturated heterocycles. The maximum atomic E-state index is 12.2. The lowest BCUT2D eigenvalue weighted by Crippen LogP contribution is -2.49. The summed E-state index contributed by atoms with van der Waals surface area (Å²) in [5.41, 5.74) is 0.819. The van der Waals surface area contributed by atoms with E-state index in [0.29, 0.717) is 6.54 Å². The number of benzene rings is 1. The normalized spacial score (nSPS) is 13.6. The van der Waals surface area contributed by atoms with E-state index in [1.54, 1.807) is 11.3 Å². The molecule has 0 saturated carbocycles. The van der Waals surface area contributed by atoms with Crippen molar-refractivity contribution in [2.75, 3.05) is 7.05 Å². The highest BCUT2D eigenvalue weighted by Gasteiger charge is 2.23. The number of para-hydroxylation sites is 1. The molecule has 1 N–H and O–H groups in total. The molecule has 2 aromatic rings. The third-order valence-electron chi connectivity index (χ3n) is 3.26. The number of amides is 1. The Morgan fingerprint density at radius 3 is 2.67 bits per heavy atom. The number of aromatic nitrogens is 1. The molecular formula is C16H23N3OS. The van der Waals surface area contributed by atoms with E-state index in [9.17, 15) is 4.79 Å². The molecule has 0 radical (unpaired) electrons. The van der Waals surface area contributed by atoms with Crippen LogP contribution < -0.4 is 5.32 Å². The van der Waals surface area contributed by atoms with Crippen LogP contribution in [-0.4, -0.2) is 34.4 Å². The minimum Gasteiger partial charge on any atom is -0.350 e. The van der Waals surface area contributed by atoms with Crippen LogP contribution in [0.25, 0.3) is 10.2 Å². The lowest BCUT2D eigenvalue weighted by molar-refractivity contribution is -0.127. The number of hydrogen-bond acceptors (Lipinski definition) is 4. The molecule has 0 aliphatic rings. The number of nitrogens with one attached hydrogen (secondary N) is 1. The number of rotatable bonds is 4. The van der Waals surface area contributed by atoms with Crippen LogP contribution in [0.5, 0.6) is 0 Å². The monoisotopic (exact) mass is 305 g/mol. The molecule has 21 heavy (non-hydrogen) atoms. The zero-order valence-corrected chi connectivity index (χ0v) is 14.1. The molecule has 0 fully saturated rings. The number of likely N-dealkylation sites (N-methyl/N-ethyl adjacent to an activating group) is 1. The van der Waals surface area contributed by atoms with Crippen molar-refractivity contribution < 1.29 is 4.79 Å². The molecule has 0 unspecified atom stereocenters. The standard InChI is InChI=1S/C16H23N3OS/c1-11(15(20)18-16(2,3)4)19(5)10-14-17-12-8-6-7-9-13(12)21-14/h6-9,11H,10H2,1-5H3,(H,18,20)/t11-/m0/s1. The first-order valence-electron chi connectivity index (χ1n) is 7.13. The van der Waals surface area contributed by atoms with Gasteiger partial charge in [-0.05, 0) is 46.9 Å². The summed E-state index contributed by atoms with van der Waals surface area (Å²) >= 11 is 1.68. The fourth-order valence-corrected chi connectivity index (χ4v) is 3.04. The van der Waals surface area contributed by atoms with Crippen LogP contribution in [0, 0.1) is 0 Å². The van der Waals surface area contributed by atoms with Crippen LogP contribution >= 0.6 is 11.3 Å². The molecule has 4 nitrogen and oxygen atoms in total. The Labute approximate surface area is 130 Å². The van der Waals surface area contributed by atoms with Gasteiger partial charge in [0.1, 0.15) is 5.01 Å². The first-order valence-corrected chi connectivity index (χ1v) is 7.94. The lowest BCUT2D eigenvalue weighted by atomic mass is 10.1. The summed E-state index contributed by atoms with van der Waals surface area (Å²) in [5, 5.41) is 4.05. The fraction of sp³-hybridized carbons (Fsp3) is 0.500. The molecule has 5 heteroatoms. The van der Waals surface area contributed by atoms with E-state index >= 15 is 0 Å². The molecule has 0 spiro atoms. The molecule has 1 aromatic carbocycles. The minimum atomic E-state index is -0.206. The highest BCUT2D eigenvalue weighted by molar-refractivity contribution is 7.18. The predicted octanol–water partition coefficient (Wildman–Crippen LogP) is 3.03. The Bertz CT molecular complexity index is 597. The second-order valence-corrected chi connectivity index (χ2v) is 7.52. The highest BCUT2D eigenvalue weighted by Crippen LogP contribution is 2.22. The maximum absolute atomic E-state index is 12.2. The van der Waals surface area contributed by atoms with E-state index in [0.717, 1.165) is 10.5 Å². The summed E-state index contributed by atoms with van der Waals surface area (Å²) in [4.78, 5) is 18.8. The van der Waals surface area contributed by atoms with E-state index in [1.807, 2.05) is 57.8 Å². The van der Waals surface area contributed by atoms with Gasteiger partial charge in [-0.1, -0.05) is 12.1 Å². The second kappa shape index (κ2) is 6.12. The SMILES string of the molecule is C[C@@H](C(=O)NC(C)(C)C)N(C)Cc1nc2ccccc2s1. The van der Waals surface area contributed by atoms with Crippen molar-refractivity contribution in [1.29, 1.82) is 0 Å². The van der Waals surface area contributed by atoms with E-state index in [-0.39, 0.29) is 17.5 Å². The van der Waals surface area contributed by atoms with Crippen LogP contribution in [0.3, 0.4) is 0 Å². The van der Waals surface area contributed by atoms with Gasteiger partial charge in [0, 0.05) is 5.54 Å². The van der Waals surface area contributed by atoms with Crippen molar-refractivity contribution >= 4 is 27.5 Å². The van der Waals surface area contributed by atoms with Gasteiger partial charge in [-0.25, -0.2) is 4.98 Å². The molecular weight excluding hydrogens is 282 g/mol. The van der Waals surface area contributed by atoms with Gasteiger partial charge in [-0.3, -0.25) is 9.69 Å².